The van der Waals surface area contributed by atoms with Crippen LogP contribution in [0.2, 0.25) is 0 Å². The fourth-order valence-corrected chi connectivity index (χ4v) is 3.05. The third-order valence-electron chi connectivity index (χ3n) is 3.96. The number of aliphatic hydroxyl groups is 1. The van der Waals surface area contributed by atoms with Crippen LogP contribution in [0.4, 0.5) is 0 Å². The van der Waals surface area contributed by atoms with Gasteiger partial charge in [0.15, 0.2) is 0 Å². The number of hydrogen-bond donors (Lipinski definition) is 1. The molecule has 3 atom stereocenters. The molecule has 4 heteroatoms. The van der Waals surface area contributed by atoms with E-state index < -0.39 is 6.10 Å². The molecule has 0 bridgehead atoms. The fourth-order valence-electron chi connectivity index (χ4n) is 3.05. The quantitative estimate of drug-likeness (QED) is 0.891. The van der Waals surface area contributed by atoms with E-state index in [9.17, 15) is 5.11 Å². The molecule has 1 saturated heterocycles. The van der Waals surface area contributed by atoms with Gasteiger partial charge in [0.2, 0.25) is 0 Å². The Kier molecular flexibility index (Phi) is 4.63. The molecule has 4 nitrogen and oxygen atoms in total. The molecule has 1 N–H and O–H groups in total. The molecule has 2 rings (SSSR count). The minimum absolute atomic E-state index is 0.270. The molecule has 19 heavy (non-hydrogen) atoms. The Balaban J connectivity index is 2.24. The highest BCUT2D eigenvalue weighted by Crippen LogP contribution is 2.26. The number of aliphatic hydroxyl groups excluding tert-OH is 1. The number of nitrogens with zero attached hydrogens (tertiary/aromatic N) is 2. The number of aromatic nitrogens is 2. The SMILES string of the molecule is CCc1nn(CC2CCC(C)O2)c(CC)c1C(C)O. The molecule has 0 aromatic carbocycles. The Morgan fingerprint density at radius 3 is 2.58 bits per heavy atom. The van der Waals surface area contributed by atoms with Crippen LogP contribution in [0.15, 0.2) is 0 Å². The van der Waals surface area contributed by atoms with Crippen LogP contribution >= 0.6 is 0 Å². The molecule has 0 aliphatic carbocycles. The van der Waals surface area contributed by atoms with E-state index in [2.05, 4.69) is 30.6 Å². The maximum absolute atomic E-state index is 9.98. The molecular formula is C15H26N2O2. The van der Waals surface area contributed by atoms with Crippen LogP contribution in [0.3, 0.4) is 0 Å². The lowest BCUT2D eigenvalue weighted by atomic mass is 10.0. The first-order chi connectivity index (χ1) is 9.06. The number of aryl methyl sites for hydroxylation is 1. The highest BCUT2D eigenvalue weighted by atomic mass is 16.5. The van der Waals surface area contributed by atoms with Crippen LogP contribution in [0, 0.1) is 0 Å². The molecule has 3 unspecified atom stereocenters. The summed E-state index contributed by atoms with van der Waals surface area (Å²) in [7, 11) is 0. The van der Waals surface area contributed by atoms with Gasteiger partial charge in [-0.2, -0.15) is 5.10 Å². The molecule has 1 fully saturated rings. The number of rotatable bonds is 5. The lowest BCUT2D eigenvalue weighted by Gasteiger charge is -2.14. The van der Waals surface area contributed by atoms with Crippen LogP contribution in [-0.4, -0.2) is 27.1 Å². The standard InChI is InChI=1S/C15H26N2O2/c1-5-13-15(11(4)18)14(6-2)17(16-13)9-12-8-7-10(3)19-12/h10-12,18H,5-9H2,1-4H3. The van der Waals surface area contributed by atoms with Gasteiger partial charge in [-0.05, 0) is 39.5 Å². The van der Waals surface area contributed by atoms with E-state index in [1.165, 1.54) is 0 Å². The Morgan fingerprint density at radius 2 is 2.11 bits per heavy atom. The van der Waals surface area contributed by atoms with Gasteiger partial charge >= 0.3 is 0 Å². The van der Waals surface area contributed by atoms with Crippen LogP contribution in [0.25, 0.3) is 0 Å². The van der Waals surface area contributed by atoms with E-state index in [1.807, 2.05) is 6.92 Å². The van der Waals surface area contributed by atoms with Gasteiger partial charge in [0.25, 0.3) is 0 Å². The smallest absolute Gasteiger partial charge is 0.0798 e. The summed E-state index contributed by atoms with van der Waals surface area (Å²) >= 11 is 0. The summed E-state index contributed by atoms with van der Waals surface area (Å²) < 4.78 is 7.94. The highest BCUT2D eigenvalue weighted by Gasteiger charge is 2.25. The van der Waals surface area contributed by atoms with E-state index in [4.69, 9.17) is 4.74 Å². The second-order valence-corrected chi connectivity index (χ2v) is 5.52. The maximum Gasteiger partial charge on any atom is 0.0798 e. The number of ether oxygens (including phenoxy) is 1. The third kappa shape index (κ3) is 3.00. The van der Waals surface area contributed by atoms with E-state index in [1.54, 1.807) is 0 Å². The largest absolute Gasteiger partial charge is 0.389 e. The maximum atomic E-state index is 9.98. The lowest BCUT2D eigenvalue weighted by molar-refractivity contribution is 0.0431. The average molecular weight is 266 g/mol. The van der Waals surface area contributed by atoms with Crippen molar-refractivity contribution >= 4 is 0 Å². The Morgan fingerprint density at radius 1 is 1.37 bits per heavy atom. The molecule has 108 valence electrons. The van der Waals surface area contributed by atoms with Crippen molar-refractivity contribution in [2.24, 2.45) is 0 Å². The molecule has 0 spiro atoms. The molecule has 1 aliphatic heterocycles. The summed E-state index contributed by atoms with van der Waals surface area (Å²) in [6.07, 6.45) is 4.20. The first-order valence-corrected chi connectivity index (χ1v) is 7.48. The normalized spacial score (nSPS) is 24.9. The molecule has 1 aromatic rings. The number of hydrogen-bond acceptors (Lipinski definition) is 3. The molecule has 0 radical (unpaired) electrons. The van der Waals surface area contributed by atoms with E-state index in [0.717, 1.165) is 49.2 Å². The van der Waals surface area contributed by atoms with Gasteiger partial charge in [-0.15, -0.1) is 0 Å². The zero-order valence-corrected chi connectivity index (χ0v) is 12.5. The second-order valence-electron chi connectivity index (χ2n) is 5.52. The van der Waals surface area contributed by atoms with Gasteiger partial charge in [0.1, 0.15) is 0 Å². The van der Waals surface area contributed by atoms with E-state index >= 15 is 0 Å². The van der Waals surface area contributed by atoms with Crippen molar-refractivity contribution in [1.29, 1.82) is 0 Å². The zero-order valence-electron chi connectivity index (χ0n) is 12.5. The van der Waals surface area contributed by atoms with Gasteiger partial charge in [0.05, 0.1) is 30.6 Å². The van der Waals surface area contributed by atoms with Gasteiger partial charge < -0.3 is 9.84 Å². The zero-order chi connectivity index (χ0) is 14.0. The van der Waals surface area contributed by atoms with Crippen molar-refractivity contribution < 1.29 is 9.84 Å². The molecule has 2 heterocycles. The predicted molar refractivity (Wildman–Crippen MR) is 75.2 cm³/mol. The lowest BCUT2D eigenvalue weighted by Crippen LogP contribution is -2.19. The van der Waals surface area contributed by atoms with Gasteiger partial charge in [-0.3, -0.25) is 4.68 Å². The summed E-state index contributed by atoms with van der Waals surface area (Å²) in [6.45, 7) is 8.98. The second kappa shape index (κ2) is 6.06. The molecule has 1 aliphatic rings. The Labute approximate surface area is 115 Å². The summed E-state index contributed by atoms with van der Waals surface area (Å²) in [5.41, 5.74) is 3.21. The summed E-state index contributed by atoms with van der Waals surface area (Å²) in [5, 5.41) is 14.7. The van der Waals surface area contributed by atoms with Crippen molar-refractivity contribution in [3.8, 4) is 0 Å². The van der Waals surface area contributed by atoms with Crippen LogP contribution in [0.1, 0.15) is 63.6 Å². The Bertz CT molecular complexity index is 426. The van der Waals surface area contributed by atoms with Gasteiger partial charge in [0, 0.05) is 11.3 Å². The fraction of sp³-hybridized carbons (Fsp3) is 0.800. The van der Waals surface area contributed by atoms with Gasteiger partial charge in [-0.1, -0.05) is 13.8 Å². The molecule has 1 aromatic heterocycles. The molecular weight excluding hydrogens is 240 g/mol. The molecule has 0 amide bonds. The van der Waals surface area contributed by atoms with E-state index in [-0.39, 0.29) is 6.10 Å². The predicted octanol–water partition coefficient (Wildman–Crippen LogP) is 2.63. The van der Waals surface area contributed by atoms with Crippen LogP contribution in [0.5, 0.6) is 0 Å². The van der Waals surface area contributed by atoms with Crippen LogP contribution in [-0.2, 0) is 24.1 Å². The van der Waals surface area contributed by atoms with Crippen molar-refractivity contribution in [2.75, 3.05) is 0 Å². The summed E-state index contributed by atoms with van der Waals surface area (Å²) in [5.74, 6) is 0. The Hall–Kier alpha value is -0.870. The third-order valence-corrected chi connectivity index (χ3v) is 3.96. The monoisotopic (exact) mass is 266 g/mol. The summed E-state index contributed by atoms with van der Waals surface area (Å²) in [4.78, 5) is 0. The van der Waals surface area contributed by atoms with Crippen molar-refractivity contribution in [2.45, 2.75) is 78.2 Å². The van der Waals surface area contributed by atoms with Crippen molar-refractivity contribution in [3.05, 3.63) is 17.0 Å². The minimum Gasteiger partial charge on any atom is -0.389 e. The first kappa shape index (κ1) is 14.5. The van der Waals surface area contributed by atoms with Crippen molar-refractivity contribution in [1.82, 2.24) is 9.78 Å². The first-order valence-electron chi connectivity index (χ1n) is 7.48. The van der Waals surface area contributed by atoms with Crippen LogP contribution < -0.4 is 0 Å². The highest BCUT2D eigenvalue weighted by molar-refractivity contribution is 5.28. The van der Waals surface area contributed by atoms with Gasteiger partial charge in [-0.25, -0.2) is 0 Å². The van der Waals surface area contributed by atoms with Crippen molar-refractivity contribution in [3.63, 3.8) is 0 Å². The average Bonchev–Trinajstić information content (AvgIpc) is 2.93. The topological polar surface area (TPSA) is 47.3 Å². The minimum atomic E-state index is -0.443. The van der Waals surface area contributed by atoms with E-state index in [0.29, 0.717) is 6.10 Å². The molecule has 0 saturated carbocycles. The summed E-state index contributed by atoms with van der Waals surface area (Å²) in [6, 6.07) is 0.